The second kappa shape index (κ2) is 10.3. The van der Waals surface area contributed by atoms with Gasteiger partial charge in [-0.05, 0) is 42.0 Å². The molecule has 3 aromatic rings. The van der Waals surface area contributed by atoms with Gasteiger partial charge >= 0.3 is 0 Å². The third kappa shape index (κ3) is 6.12. The van der Waals surface area contributed by atoms with E-state index in [0.29, 0.717) is 24.8 Å². The van der Waals surface area contributed by atoms with E-state index in [1.54, 1.807) is 0 Å². The van der Waals surface area contributed by atoms with E-state index >= 15 is 0 Å². The molecule has 1 aromatic heterocycles. The summed E-state index contributed by atoms with van der Waals surface area (Å²) < 4.78 is 11.9. The summed E-state index contributed by atoms with van der Waals surface area (Å²) in [6.45, 7) is 1.12. The number of hydrogen-bond acceptors (Lipinski definition) is 4. The molecule has 0 radical (unpaired) electrons. The molecular weight excluding hydrogens is 338 g/mol. The maximum atomic E-state index is 8.97. The van der Waals surface area contributed by atoms with Crippen LogP contribution in [0.2, 0.25) is 0 Å². The van der Waals surface area contributed by atoms with E-state index in [0.717, 1.165) is 36.0 Å². The van der Waals surface area contributed by atoms with Gasteiger partial charge < -0.3 is 14.6 Å². The largest absolute Gasteiger partial charge is 0.483 e. The van der Waals surface area contributed by atoms with Crippen molar-refractivity contribution in [2.24, 2.45) is 0 Å². The van der Waals surface area contributed by atoms with Crippen LogP contribution in [0.15, 0.2) is 72.9 Å². The lowest BCUT2D eigenvalue weighted by Crippen LogP contribution is -2.03. The Labute approximate surface area is 160 Å². The Bertz CT molecular complexity index is 806. The van der Waals surface area contributed by atoms with Crippen molar-refractivity contribution in [2.75, 3.05) is 6.61 Å². The SMILES string of the molecule is OCCCCc1cnc(OCc2ccccc2)c(OCc2ccccc2)c1. The number of nitrogens with zero attached hydrogens (tertiary/aromatic N) is 1. The van der Waals surface area contributed by atoms with Crippen molar-refractivity contribution in [3.63, 3.8) is 0 Å². The maximum Gasteiger partial charge on any atom is 0.257 e. The van der Waals surface area contributed by atoms with Crippen LogP contribution in [-0.2, 0) is 19.6 Å². The van der Waals surface area contributed by atoms with E-state index < -0.39 is 0 Å². The maximum absolute atomic E-state index is 8.97. The second-order valence-electron chi connectivity index (χ2n) is 6.38. The van der Waals surface area contributed by atoms with E-state index in [2.05, 4.69) is 4.98 Å². The fraction of sp³-hybridized carbons (Fsp3) is 0.261. The van der Waals surface area contributed by atoms with Gasteiger partial charge in [-0.25, -0.2) is 4.98 Å². The van der Waals surface area contributed by atoms with Crippen molar-refractivity contribution in [1.29, 1.82) is 0 Å². The first kappa shape index (κ1) is 18.9. The number of pyridine rings is 1. The standard InChI is InChI=1S/C23H25NO3/c25-14-8-7-13-21-15-22(26-17-19-9-3-1-4-10-19)23(24-16-21)27-18-20-11-5-2-6-12-20/h1-6,9-12,15-16,25H,7-8,13-14,17-18H2. The molecule has 4 nitrogen and oxygen atoms in total. The van der Waals surface area contributed by atoms with Crippen LogP contribution in [0.4, 0.5) is 0 Å². The number of aryl methyl sites for hydroxylation is 1. The molecule has 4 heteroatoms. The molecular formula is C23H25NO3. The Hall–Kier alpha value is -2.85. The number of aromatic nitrogens is 1. The molecule has 0 aliphatic carbocycles. The molecule has 1 heterocycles. The van der Waals surface area contributed by atoms with Gasteiger partial charge in [-0.2, -0.15) is 0 Å². The zero-order valence-corrected chi connectivity index (χ0v) is 15.4. The Morgan fingerprint density at radius 3 is 2.00 bits per heavy atom. The lowest BCUT2D eigenvalue weighted by Gasteiger charge is -2.13. The molecule has 140 valence electrons. The van der Waals surface area contributed by atoms with Crippen molar-refractivity contribution >= 4 is 0 Å². The first-order chi connectivity index (χ1) is 13.3. The summed E-state index contributed by atoms with van der Waals surface area (Å²) in [6, 6.07) is 22.0. The van der Waals surface area contributed by atoms with Gasteiger partial charge in [0, 0.05) is 12.8 Å². The van der Waals surface area contributed by atoms with Crippen LogP contribution in [0, 0.1) is 0 Å². The molecule has 0 aliphatic heterocycles. The van der Waals surface area contributed by atoms with Gasteiger partial charge in [0.25, 0.3) is 5.88 Å². The third-order valence-corrected chi connectivity index (χ3v) is 4.20. The van der Waals surface area contributed by atoms with Crippen LogP contribution in [0.3, 0.4) is 0 Å². The quantitative estimate of drug-likeness (QED) is 0.537. The minimum absolute atomic E-state index is 0.211. The highest BCUT2D eigenvalue weighted by Gasteiger charge is 2.10. The first-order valence-electron chi connectivity index (χ1n) is 9.28. The van der Waals surface area contributed by atoms with Crippen LogP contribution in [0.5, 0.6) is 11.6 Å². The number of ether oxygens (including phenoxy) is 2. The predicted octanol–water partition coefficient (Wildman–Crippen LogP) is 4.55. The number of hydrogen-bond donors (Lipinski definition) is 1. The molecule has 0 atom stereocenters. The number of aliphatic hydroxyl groups is 1. The Kier molecular flexibility index (Phi) is 7.25. The summed E-state index contributed by atoms with van der Waals surface area (Å²) in [5, 5.41) is 8.97. The van der Waals surface area contributed by atoms with Crippen LogP contribution in [0.1, 0.15) is 29.5 Å². The van der Waals surface area contributed by atoms with Gasteiger partial charge in [0.15, 0.2) is 5.75 Å². The summed E-state index contributed by atoms with van der Waals surface area (Å²) >= 11 is 0. The number of aliphatic hydroxyl groups excluding tert-OH is 1. The summed E-state index contributed by atoms with van der Waals surface area (Å²) in [5.74, 6) is 1.15. The van der Waals surface area contributed by atoms with Crippen LogP contribution < -0.4 is 9.47 Å². The summed E-state index contributed by atoms with van der Waals surface area (Å²) in [6.07, 6.45) is 4.38. The number of rotatable bonds is 10. The average molecular weight is 363 g/mol. The molecule has 3 rings (SSSR count). The fourth-order valence-electron chi connectivity index (χ4n) is 2.72. The third-order valence-electron chi connectivity index (χ3n) is 4.20. The fourth-order valence-corrected chi connectivity index (χ4v) is 2.72. The zero-order chi connectivity index (χ0) is 18.7. The van der Waals surface area contributed by atoms with Crippen LogP contribution in [0.25, 0.3) is 0 Å². The van der Waals surface area contributed by atoms with Crippen molar-refractivity contribution in [1.82, 2.24) is 4.98 Å². The molecule has 2 aromatic carbocycles. The molecule has 1 N–H and O–H groups in total. The lowest BCUT2D eigenvalue weighted by molar-refractivity contribution is 0.246. The van der Waals surface area contributed by atoms with Crippen molar-refractivity contribution in [3.8, 4) is 11.6 Å². The molecule has 0 bridgehead atoms. The van der Waals surface area contributed by atoms with E-state index in [1.807, 2.05) is 72.9 Å². The van der Waals surface area contributed by atoms with Gasteiger partial charge in [0.05, 0.1) is 0 Å². The molecule has 0 amide bonds. The Morgan fingerprint density at radius 1 is 0.741 bits per heavy atom. The monoisotopic (exact) mass is 363 g/mol. The minimum Gasteiger partial charge on any atom is -0.483 e. The van der Waals surface area contributed by atoms with Gasteiger partial charge in [-0.15, -0.1) is 0 Å². The van der Waals surface area contributed by atoms with E-state index in [1.165, 1.54) is 0 Å². The highest BCUT2D eigenvalue weighted by molar-refractivity contribution is 5.37. The molecule has 27 heavy (non-hydrogen) atoms. The zero-order valence-electron chi connectivity index (χ0n) is 15.4. The predicted molar refractivity (Wildman–Crippen MR) is 106 cm³/mol. The van der Waals surface area contributed by atoms with Gasteiger partial charge in [-0.1, -0.05) is 60.7 Å². The molecule has 0 unspecified atom stereocenters. The van der Waals surface area contributed by atoms with Gasteiger partial charge in [0.2, 0.25) is 0 Å². The van der Waals surface area contributed by atoms with Crippen molar-refractivity contribution in [3.05, 3.63) is 89.6 Å². The summed E-state index contributed by atoms with van der Waals surface area (Å²) in [4.78, 5) is 4.48. The Morgan fingerprint density at radius 2 is 1.37 bits per heavy atom. The smallest absolute Gasteiger partial charge is 0.257 e. The van der Waals surface area contributed by atoms with Crippen LogP contribution >= 0.6 is 0 Å². The minimum atomic E-state index is 0.211. The molecule has 0 saturated heterocycles. The molecule has 0 fully saturated rings. The molecule has 0 spiro atoms. The van der Waals surface area contributed by atoms with E-state index in [4.69, 9.17) is 14.6 Å². The second-order valence-corrected chi connectivity index (χ2v) is 6.38. The van der Waals surface area contributed by atoms with E-state index in [-0.39, 0.29) is 6.61 Å². The lowest BCUT2D eigenvalue weighted by atomic mass is 10.1. The summed E-state index contributed by atoms with van der Waals surface area (Å²) in [7, 11) is 0. The highest BCUT2D eigenvalue weighted by Crippen LogP contribution is 2.28. The average Bonchev–Trinajstić information content (AvgIpc) is 2.73. The number of benzene rings is 2. The van der Waals surface area contributed by atoms with Gasteiger partial charge in [-0.3, -0.25) is 0 Å². The number of unbranched alkanes of at least 4 members (excludes halogenated alkanes) is 1. The van der Waals surface area contributed by atoms with Crippen molar-refractivity contribution < 1.29 is 14.6 Å². The van der Waals surface area contributed by atoms with Gasteiger partial charge in [0.1, 0.15) is 13.2 Å². The Balaban J connectivity index is 1.71. The normalized spacial score (nSPS) is 10.6. The first-order valence-corrected chi connectivity index (χ1v) is 9.28. The van der Waals surface area contributed by atoms with Crippen LogP contribution in [-0.4, -0.2) is 16.7 Å². The highest BCUT2D eigenvalue weighted by atomic mass is 16.5. The molecule has 0 aliphatic rings. The van der Waals surface area contributed by atoms with E-state index in [9.17, 15) is 0 Å². The van der Waals surface area contributed by atoms with Crippen molar-refractivity contribution in [2.45, 2.75) is 32.5 Å². The summed E-state index contributed by atoms with van der Waals surface area (Å²) in [5.41, 5.74) is 3.26. The topological polar surface area (TPSA) is 51.6 Å². The molecule has 0 saturated carbocycles.